The Bertz CT molecular complexity index is 915. The average Bonchev–Trinajstić information content (AvgIpc) is 2.74. The molecule has 7 nitrogen and oxygen atoms in total. The first-order chi connectivity index (χ1) is 14.1. The van der Waals surface area contributed by atoms with E-state index in [0.29, 0.717) is 23.5 Å². The molecule has 0 unspecified atom stereocenters. The van der Waals surface area contributed by atoms with E-state index in [4.69, 9.17) is 9.47 Å². The lowest BCUT2D eigenvalue weighted by molar-refractivity contribution is -0.121. The molecule has 0 radical (unpaired) electrons. The zero-order valence-electron chi connectivity index (χ0n) is 15.9. The summed E-state index contributed by atoms with van der Waals surface area (Å²) >= 11 is 3.39. The molecule has 0 atom stereocenters. The number of carbonyl (C=O) groups is 2. The Morgan fingerprint density at radius 1 is 1.10 bits per heavy atom. The molecule has 8 heteroatoms. The molecule has 0 aromatic heterocycles. The number of nitrogens with zero attached hydrogens (tertiary/aromatic N) is 2. The van der Waals surface area contributed by atoms with Gasteiger partial charge in [-0.25, -0.2) is 0 Å². The van der Waals surface area contributed by atoms with Crippen LogP contribution >= 0.6 is 15.9 Å². The van der Waals surface area contributed by atoms with Crippen LogP contribution in [0.4, 0.5) is 11.4 Å². The van der Waals surface area contributed by atoms with Crippen LogP contribution in [-0.4, -0.2) is 62.7 Å². The van der Waals surface area contributed by atoms with Crippen LogP contribution in [0.3, 0.4) is 0 Å². The number of hydrogen-bond donors (Lipinski definition) is 1. The Morgan fingerprint density at radius 3 is 2.69 bits per heavy atom. The second-order valence-corrected chi connectivity index (χ2v) is 7.76. The lowest BCUT2D eigenvalue weighted by Crippen LogP contribution is -2.45. The summed E-state index contributed by atoms with van der Waals surface area (Å²) in [6.45, 7) is 4.60. The molecule has 0 spiro atoms. The van der Waals surface area contributed by atoms with E-state index in [-0.39, 0.29) is 18.4 Å². The molecular weight excluding hydrogens is 438 g/mol. The van der Waals surface area contributed by atoms with Gasteiger partial charge in [-0.15, -0.1) is 0 Å². The largest absolute Gasteiger partial charge is 0.481 e. The summed E-state index contributed by atoms with van der Waals surface area (Å²) in [6, 6.07) is 12.6. The standard InChI is InChI=1S/C21H22BrN3O4/c22-17-4-2-1-3-16(17)21(27)23-15-5-6-18-19(13-15)29-14-20(26)25(18)8-7-24-9-11-28-12-10-24/h1-6,13H,7-12,14H2,(H,23,27). The third kappa shape index (κ3) is 4.60. The predicted molar refractivity (Wildman–Crippen MR) is 114 cm³/mol. The summed E-state index contributed by atoms with van der Waals surface area (Å²) in [5, 5.41) is 2.88. The van der Waals surface area contributed by atoms with Gasteiger partial charge in [0, 0.05) is 42.4 Å². The van der Waals surface area contributed by atoms with E-state index < -0.39 is 0 Å². The molecule has 2 aliphatic rings. The molecule has 0 aliphatic carbocycles. The number of anilines is 2. The molecule has 1 N–H and O–H groups in total. The number of hydrogen-bond acceptors (Lipinski definition) is 5. The maximum atomic E-state index is 12.5. The summed E-state index contributed by atoms with van der Waals surface area (Å²) in [6.07, 6.45) is 0. The van der Waals surface area contributed by atoms with Crippen molar-refractivity contribution in [1.29, 1.82) is 0 Å². The fraction of sp³-hybridized carbons (Fsp3) is 0.333. The van der Waals surface area contributed by atoms with E-state index in [0.717, 1.165) is 43.0 Å². The minimum Gasteiger partial charge on any atom is -0.481 e. The lowest BCUT2D eigenvalue weighted by atomic mass is 10.2. The van der Waals surface area contributed by atoms with E-state index >= 15 is 0 Å². The number of ether oxygens (including phenoxy) is 2. The highest BCUT2D eigenvalue weighted by atomic mass is 79.9. The van der Waals surface area contributed by atoms with Crippen LogP contribution in [-0.2, 0) is 9.53 Å². The average molecular weight is 460 g/mol. The molecule has 4 rings (SSSR count). The molecule has 2 aromatic carbocycles. The van der Waals surface area contributed by atoms with Gasteiger partial charge in [0.05, 0.1) is 24.5 Å². The fourth-order valence-electron chi connectivity index (χ4n) is 3.44. The number of morpholine rings is 1. The summed E-state index contributed by atoms with van der Waals surface area (Å²) in [7, 11) is 0. The van der Waals surface area contributed by atoms with E-state index in [2.05, 4.69) is 26.1 Å². The number of amides is 2. The molecule has 2 amide bonds. The van der Waals surface area contributed by atoms with Crippen molar-refractivity contribution in [2.24, 2.45) is 0 Å². The van der Waals surface area contributed by atoms with E-state index in [1.165, 1.54) is 0 Å². The molecule has 2 aromatic rings. The molecule has 152 valence electrons. The Morgan fingerprint density at radius 2 is 1.90 bits per heavy atom. The normalized spacial score (nSPS) is 16.9. The second-order valence-electron chi connectivity index (χ2n) is 6.90. The minimum atomic E-state index is -0.214. The van der Waals surface area contributed by atoms with Gasteiger partial charge in [-0.3, -0.25) is 14.5 Å². The van der Waals surface area contributed by atoms with Crippen molar-refractivity contribution >= 4 is 39.1 Å². The first kappa shape index (κ1) is 19.9. The SMILES string of the molecule is O=C(Nc1ccc2c(c1)OCC(=O)N2CCN1CCOCC1)c1ccccc1Br. The van der Waals surface area contributed by atoms with Crippen molar-refractivity contribution in [3.8, 4) is 5.75 Å². The summed E-state index contributed by atoms with van der Waals surface area (Å²) < 4.78 is 11.7. The van der Waals surface area contributed by atoms with E-state index in [1.807, 2.05) is 24.3 Å². The van der Waals surface area contributed by atoms with Gasteiger partial charge in [-0.05, 0) is 40.2 Å². The predicted octanol–water partition coefficient (Wildman–Crippen LogP) is 2.76. The topological polar surface area (TPSA) is 71.1 Å². The zero-order valence-corrected chi connectivity index (χ0v) is 17.5. The molecule has 2 aliphatic heterocycles. The van der Waals surface area contributed by atoms with Gasteiger partial charge in [0.2, 0.25) is 0 Å². The Kier molecular flexibility index (Phi) is 6.13. The first-order valence-corrected chi connectivity index (χ1v) is 10.3. The van der Waals surface area contributed by atoms with Gasteiger partial charge in [0.25, 0.3) is 11.8 Å². The molecule has 2 heterocycles. The highest BCUT2D eigenvalue weighted by Crippen LogP contribution is 2.34. The van der Waals surface area contributed by atoms with Gasteiger partial charge in [-0.1, -0.05) is 12.1 Å². The monoisotopic (exact) mass is 459 g/mol. The lowest BCUT2D eigenvalue weighted by Gasteiger charge is -2.33. The van der Waals surface area contributed by atoms with E-state index in [1.54, 1.807) is 23.1 Å². The van der Waals surface area contributed by atoms with Crippen LogP contribution in [0.15, 0.2) is 46.9 Å². The number of rotatable bonds is 5. The Hall–Kier alpha value is -2.42. The quantitative estimate of drug-likeness (QED) is 0.744. The first-order valence-electron chi connectivity index (χ1n) is 9.55. The maximum Gasteiger partial charge on any atom is 0.265 e. The molecule has 1 saturated heterocycles. The van der Waals surface area contributed by atoms with Crippen LogP contribution in [0.1, 0.15) is 10.4 Å². The van der Waals surface area contributed by atoms with Gasteiger partial charge < -0.3 is 19.7 Å². The van der Waals surface area contributed by atoms with Crippen LogP contribution in [0, 0.1) is 0 Å². The van der Waals surface area contributed by atoms with Crippen LogP contribution < -0.4 is 15.0 Å². The number of benzene rings is 2. The zero-order chi connectivity index (χ0) is 20.2. The number of fused-ring (bicyclic) bond motifs is 1. The Labute approximate surface area is 177 Å². The number of halogens is 1. The van der Waals surface area contributed by atoms with Crippen molar-refractivity contribution in [3.05, 3.63) is 52.5 Å². The summed E-state index contributed by atoms with van der Waals surface area (Å²) in [4.78, 5) is 29.0. The van der Waals surface area contributed by atoms with Gasteiger partial charge in [0.15, 0.2) is 6.61 Å². The van der Waals surface area contributed by atoms with Crippen LogP contribution in [0.2, 0.25) is 0 Å². The molecule has 0 bridgehead atoms. The van der Waals surface area contributed by atoms with Gasteiger partial charge >= 0.3 is 0 Å². The molecule has 29 heavy (non-hydrogen) atoms. The summed E-state index contributed by atoms with van der Waals surface area (Å²) in [5.74, 6) is 0.320. The minimum absolute atomic E-state index is 0.00224. The van der Waals surface area contributed by atoms with E-state index in [9.17, 15) is 9.59 Å². The van der Waals surface area contributed by atoms with Crippen molar-refractivity contribution in [3.63, 3.8) is 0 Å². The van der Waals surface area contributed by atoms with Crippen molar-refractivity contribution in [1.82, 2.24) is 4.90 Å². The van der Waals surface area contributed by atoms with Crippen molar-refractivity contribution in [2.75, 3.05) is 56.2 Å². The number of carbonyl (C=O) groups excluding carboxylic acids is 2. The molecular formula is C21H22BrN3O4. The van der Waals surface area contributed by atoms with Crippen LogP contribution in [0.25, 0.3) is 0 Å². The smallest absolute Gasteiger partial charge is 0.265 e. The highest BCUT2D eigenvalue weighted by molar-refractivity contribution is 9.10. The van der Waals surface area contributed by atoms with Crippen molar-refractivity contribution < 1.29 is 19.1 Å². The summed E-state index contributed by atoms with van der Waals surface area (Å²) in [5.41, 5.74) is 1.90. The third-order valence-corrected chi connectivity index (χ3v) is 5.71. The fourth-order valence-corrected chi connectivity index (χ4v) is 3.90. The van der Waals surface area contributed by atoms with Gasteiger partial charge in [-0.2, -0.15) is 0 Å². The number of nitrogens with one attached hydrogen (secondary N) is 1. The molecule has 0 saturated carbocycles. The Balaban J connectivity index is 1.47. The third-order valence-electron chi connectivity index (χ3n) is 5.02. The van der Waals surface area contributed by atoms with Crippen LogP contribution in [0.5, 0.6) is 5.75 Å². The van der Waals surface area contributed by atoms with Crippen molar-refractivity contribution in [2.45, 2.75) is 0 Å². The molecule has 1 fully saturated rings. The second kappa shape index (κ2) is 8.94. The highest BCUT2D eigenvalue weighted by Gasteiger charge is 2.26. The maximum absolute atomic E-state index is 12.5. The van der Waals surface area contributed by atoms with Gasteiger partial charge in [0.1, 0.15) is 5.75 Å².